The second kappa shape index (κ2) is 4.71. The van der Waals surface area contributed by atoms with Gasteiger partial charge in [0.1, 0.15) is 10.8 Å². The van der Waals surface area contributed by atoms with E-state index in [2.05, 4.69) is 25.9 Å². The number of pyridine rings is 1. The smallest absolute Gasteiger partial charge is 0.173 e. The number of halogens is 1. The lowest BCUT2D eigenvalue weighted by Gasteiger charge is -2.09. The fraction of sp³-hybridized carbons (Fsp3) is 0. The maximum Gasteiger partial charge on any atom is 0.173 e. The number of rotatable bonds is 2. The lowest BCUT2D eigenvalue weighted by molar-refractivity contribution is 0.991. The molecule has 0 aliphatic rings. The Morgan fingerprint density at radius 3 is 2.79 bits per heavy atom. The number of imidazole rings is 1. The lowest BCUT2D eigenvalue weighted by atomic mass is 10.1. The summed E-state index contributed by atoms with van der Waals surface area (Å²) in [6, 6.07) is 7.93. The molecular weight excluding hydrogens is 324 g/mol. The van der Waals surface area contributed by atoms with Crippen LogP contribution in [0.15, 0.2) is 47.3 Å². The fourth-order valence-corrected chi connectivity index (χ4v) is 2.65. The first kappa shape index (κ1) is 12.3. The number of benzene rings is 1. The number of thiocarbonyl (C=S) groups is 1. The third-order valence-electron chi connectivity index (χ3n) is 2.82. The van der Waals surface area contributed by atoms with E-state index in [1.54, 1.807) is 23.2 Å². The van der Waals surface area contributed by atoms with Gasteiger partial charge < -0.3 is 5.73 Å². The van der Waals surface area contributed by atoms with Crippen LogP contribution in [-0.2, 0) is 0 Å². The first-order valence-corrected chi connectivity index (χ1v) is 6.75. The summed E-state index contributed by atoms with van der Waals surface area (Å²) in [5, 5.41) is 2.09. The van der Waals surface area contributed by atoms with Gasteiger partial charge in [-0.15, -0.1) is 0 Å². The molecule has 4 nitrogen and oxygen atoms in total. The highest BCUT2D eigenvalue weighted by atomic mass is 79.9. The highest BCUT2D eigenvalue weighted by Gasteiger charge is 2.12. The summed E-state index contributed by atoms with van der Waals surface area (Å²) in [6.45, 7) is 0. The van der Waals surface area contributed by atoms with Crippen LogP contribution in [0.3, 0.4) is 0 Å². The van der Waals surface area contributed by atoms with Crippen LogP contribution in [0.5, 0.6) is 0 Å². The average Bonchev–Trinajstić information content (AvgIpc) is 2.88. The van der Waals surface area contributed by atoms with Crippen molar-refractivity contribution in [1.82, 2.24) is 14.5 Å². The van der Waals surface area contributed by atoms with E-state index in [9.17, 15) is 0 Å². The Labute approximate surface area is 123 Å². The lowest BCUT2D eigenvalue weighted by Crippen LogP contribution is -2.16. The number of fused-ring (bicyclic) bond motifs is 1. The van der Waals surface area contributed by atoms with E-state index < -0.39 is 0 Å². The van der Waals surface area contributed by atoms with Crippen molar-refractivity contribution in [2.45, 2.75) is 0 Å². The average molecular weight is 333 g/mol. The van der Waals surface area contributed by atoms with E-state index in [-0.39, 0.29) is 4.99 Å². The van der Waals surface area contributed by atoms with Crippen molar-refractivity contribution in [2.75, 3.05) is 0 Å². The molecule has 94 valence electrons. The van der Waals surface area contributed by atoms with Gasteiger partial charge in [0.15, 0.2) is 5.82 Å². The normalized spacial score (nSPS) is 10.8. The molecular formula is C13H9BrN4S. The fourth-order valence-electron chi connectivity index (χ4n) is 2.00. The molecule has 2 N–H and O–H groups in total. The summed E-state index contributed by atoms with van der Waals surface area (Å²) in [7, 11) is 0. The molecule has 0 bridgehead atoms. The quantitative estimate of drug-likeness (QED) is 0.733. The summed E-state index contributed by atoms with van der Waals surface area (Å²) < 4.78 is 2.82. The number of nitrogens with zero attached hydrogens (tertiary/aromatic N) is 3. The molecule has 1 aromatic carbocycles. The summed E-state index contributed by atoms with van der Waals surface area (Å²) in [5.74, 6) is 1.30. The van der Waals surface area contributed by atoms with Crippen molar-refractivity contribution in [3.63, 3.8) is 0 Å². The summed E-state index contributed by atoms with van der Waals surface area (Å²) >= 11 is 8.55. The van der Waals surface area contributed by atoms with Gasteiger partial charge in [-0.3, -0.25) is 4.57 Å². The number of nitrogens with two attached hydrogens (primary N) is 1. The molecule has 0 unspecified atom stereocenters. The first-order chi connectivity index (χ1) is 9.18. The van der Waals surface area contributed by atoms with E-state index in [0.29, 0.717) is 5.82 Å². The highest BCUT2D eigenvalue weighted by molar-refractivity contribution is 9.10. The molecule has 0 fully saturated rings. The Bertz CT molecular complexity index is 781. The molecule has 19 heavy (non-hydrogen) atoms. The molecule has 0 spiro atoms. The topological polar surface area (TPSA) is 56.7 Å². The van der Waals surface area contributed by atoms with Crippen LogP contribution in [0.25, 0.3) is 16.6 Å². The van der Waals surface area contributed by atoms with Crippen molar-refractivity contribution in [1.29, 1.82) is 0 Å². The van der Waals surface area contributed by atoms with Crippen molar-refractivity contribution in [3.8, 4) is 5.82 Å². The molecule has 0 saturated carbocycles. The third-order valence-corrected chi connectivity index (χ3v) is 3.70. The Hall–Kier alpha value is -1.79. The van der Waals surface area contributed by atoms with Crippen molar-refractivity contribution in [2.24, 2.45) is 5.73 Å². The molecule has 0 aliphatic carbocycles. The largest absolute Gasteiger partial charge is 0.387 e. The van der Waals surface area contributed by atoms with Gasteiger partial charge in [0, 0.05) is 33.8 Å². The number of hydrogen-bond donors (Lipinski definition) is 1. The van der Waals surface area contributed by atoms with E-state index in [1.807, 2.05) is 24.3 Å². The van der Waals surface area contributed by atoms with Crippen LogP contribution in [0, 0.1) is 0 Å². The monoisotopic (exact) mass is 332 g/mol. The zero-order valence-electron chi connectivity index (χ0n) is 9.75. The molecule has 2 heterocycles. The zero-order valence-corrected chi connectivity index (χ0v) is 12.1. The van der Waals surface area contributed by atoms with Crippen molar-refractivity contribution >= 4 is 43.9 Å². The molecule has 3 rings (SSSR count). The molecule has 6 heteroatoms. The summed E-state index contributed by atoms with van der Waals surface area (Å²) in [6.07, 6.45) is 5.22. The van der Waals surface area contributed by atoms with Crippen molar-refractivity contribution < 1.29 is 0 Å². The minimum atomic E-state index is 0.249. The Balaban J connectivity index is 2.34. The predicted octanol–water partition coefficient (Wildman–Crippen LogP) is 2.82. The van der Waals surface area contributed by atoms with Gasteiger partial charge >= 0.3 is 0 Å². The van der Waals surface area contributed by atoms with Crippen LogP contribution >= 0.6 is 28.1 Å². The molecule has 0 amide bonds. The van der Waals surface area contributed by atoms with Gasteiger partial charge in [-0.1, -0.05) is 40.3 Å². The molecule has 0 aliphatic heterocycles. The predicted molar refractivity (Wildman–Crippen MR) is 82.5 cm³/mol. The van der Waals surface area contributed by atoms with Gasteiger partial charge in [-0.2, -0.15) is 0 Å². The van der Waals surface area contributed by atoms with Gasteiger partial charge in [0.25, 0.3) is 0 Å². The van der Waals surface area contributed by atoms with E-state index in [0.717, 1.165) is 21.1 Å². The zero-order chi connectivity index (χ0) is 13.4. The standard InChI is InChI=1S/C13H9BrN4S/c14-10-3-1-2-9-8(10)4-5-16-12(9)18-7-6-17-13(18)11(15)19/h1-7H,(H2,15,19). The van der Waals surface area contributed by atoms with Crippen molar-refractivity contribution in [3.05, 3.63) is 53.2 Å². The number of hydrogen-bond acceptors (Lipinski definition) is 3. The maximum absolute atomic E-state index is 5.68. The van der Waals surface area contributed by atoms with Crippen LogP contribution in [-0.4, -0.2) is 19.5 Å². The molecule has 0 saturated heterocycles. The highest BCUT2D eigenvalue weighted by Crippen LogP contribution is 2.27. The van der Waals surface area contributed by atoms with E-state index >= 15 is 0 Å². The van der Waals surface area contributed by atoms with Gasteiger partial charge in [0.05, 0.1) is 0 Å². The summed E-state index contributed by atoms with van der Waals surface area (Å²) in [5.41, 5.74) is 5.68. The molecule has 2 aromatic heterocycles. The van der Waals surface area contributed by atoms with Gasteiger partial charge in [-0.05, 0) is 12.1 Å². The molecule has 0 atom stereocenters. The SMILES string of the molecule is NC(=S)c1nccn1-c1nccc2c(Br)cccc12. The minimum Gasteiger partial charge on any atom is -0.387 e. The second-order valence-electron chi connectivity index (χ2n) is 3.95. The van der Waals surface area contributed by atoms with Crippen LogP contribution in [0.4, 0.5) is 0 Å². The second-order valence-corrected chi connectivity index (χ2v) is 5.25. The van der Waals surface area contributed by atoms with Crippen LogP contribution in [0.2, 0.25) is 0 Å². The van der Waals surface area contributed by atoms with Crippen LogP contribution in [0.1, 0.15) is 5.82 Å². The first-order valence-electron chi connectivity index (χ1n) is 5.55. The van der Waals surface area contributed by atoms with Gasteiger partial charge in [0.2, 0.25) is 0 Å². The Morgan fingerprint density at radius 2 is 2.00 bits per heavy atom. The Morgan fingerprint density at radius 1 is 1.16 bits per heavy atom. The van der Waals surface area contributed by atoms with E-state index in [4.69, 9.17) is 18.0 Å². The molecule has 0 radical (unpaired) electrons. The molecule has 3 aromatic rings. The minimum absolute atomic E-state index is 0.249. The Kier molecular flexibility index (Phi) is 3.04. The number of aromatic nitrogens is 3. The van der Waals surface area contributed by atoms with Crippen LogP contribution < -0.4 is 5.73 Å². The summed E-state index contributed by atoms with van der Waals surface area (Å²) in [4.78, 5) is 8.84. The maximum atomic E-state index is 5.68. The van der Waals surface area contributed by atoms with Gasteiger partial charge in [-0.25, -0.2) is 9.97 Å². The third kappa shape index (κ3) is 2.02. The van der Waals surface area contributed by atoms with E-state index in [1.165, 1.54) is 0 Å².